The first-order valence-electron chi connectivity index (χ1n) is 11.3. The van der Waals surface area contributed by atoms with Gasteiger partial charge in [-0.3, -0.25) is 0 Å². The lowest BCUT2D eigenvalue weighted by Crippen LogP contribution is -2.47. The Morgan fingerprint density at radius 2 is 0.850 bits per heavy atom. The van der Waals surface area contributed by atoms with Crippen molar-refractivity contribution in [3.63, 3.8) is 0 Å². The summed E-state index contributed by atoms with van der Waals surface area (Å²) in [5, 5.41) is 19.3. The van der Waals surface area contributed by atoms with Gasteiger partial charge >= 0.3 is 36.2 Å². The fraction of sp³-hybridized carbons (Fsp3) is 0.0769. The van der Waals surface area contributed by atoms with E-state index in [0.29, 0.717) is 0 Å². The number of ether oxygens (including phenoxy) is 2. The molecular weight excluding hydrogens is 528 g/mol. The minimum atomic E-state index is -1.78. The number of carboxylic acid groups (broad SMARTS) is 2. The number of nitrogens with two attached hydrogens (primary N) is 2. The lowest BCUT2D eigenvalue weighted by molar-refractivity contribution is -0.142. The molecule has 0 saturated heterocycles. The molecule has 2 atom stereocenters. The number of benzene rings is 3. The number of carbonyl (C=O) groups is 6. The van der Waals surface area contributed by atoms with E-state index in [1.54, 1.807) is 12.1 Å². The number of rotatable bonds is 8. The van der Waals surface area contributed by atoms with Crippen molar-refractivity contribution in [1.82, 2.24) is 9.80 Å². The molecule has 2 unspecified atom stereocenters. The molecule has 3 aromatic rings. The molecule has 0 heterocycles. The zero-order valence-electron chi connectivity index (χ0n) is 20.4. The second-order valence-electron chi connectivity index (χ2n) is 7.93. The Labute approximate surface area is 225 Å². The summed E-state index contributed by atoms with van der Waals surface area (Å²) in [6, 6.07) is 12.9. The van der Waals surface area contributed by atoms with Crippen molar-refractivity contribution in [2.45, 2.75) is 12.1 Å². The number of carboxylic acids is 2. The Morgan fingerprint density at radius 1 is 0.550 bits per heavy atom. The number of primary amides is 2. The van der Waals surface area contributed by atoms with Crippen molar-refractivity contribution < 1.29 is 48.5 Å². The highest BCUT2D eigenvalue weighted by Gasteiger charge is 2.38. The largest absolute Gasteiger partial charge is 0.479 e. The first-order chi connectivity index (χ1) is 19.0. The smallest absolute Gasteiger partial charge is 0.424 e. The predicted octanol–water partition coefficient (Wildman–Crippen LogP) is 3.10. The summed E-state index contributed by atoms with van der Waals surface area (Å²) in [6.07, 6.45) is -2.80. The van der Waals surface area contributed by atoms with Crippen LogP contribution in [0.4, 0.5) is 19.2 Å². The maximum atomic E-state index is 12.7. The summed E-state index contributed by atoms with van der Waals surface area (Å²) in [4.78, 5) is 73.6. The van der Waals surface area contributed by atoms with Gasteiger partial charge in [0.25, 0.3) is 0 Å². The van der Waals surface area contributed by atoms with Crippen LogP contribution in [0.25, 0.3) is 0 Å². The van der Waals surface area contributed by atoms with Gasteiger partial charge in [0.05, 0.1) is 0 Å². The molecule has 206 valence electrons. The van der Waals surface area contributed by atoms with Gasteiger partial charge in [0, 0.05) is 0 Å². The van der Waals surface area contributed by atoms with E-state index in [-0.39, 0.29) is 32.4 Å². The van der Waals surface area contributed by atoms with Crippen LogP contribution in [0.5, 0.6) is 11.5 Å². The summed E-state index contributed by atoms with van der Waals surface area (Å²) in [5.74, 6) is -3.49. The molecule has 0 spiro atoms. The lowest BCUT2D eigenvalue weighted by atomic mass is 10.1. The molecule has 14 nitrogen and oxygen atoms in total. The van der Waals surface area contributed by atoms with Crippen LogP contribution in [0.2, 0.25) is 0 Å². The van der Waals surface area contributed by atoms with Crippen molar-refractivity contribution in [2.24, 2.45) is 11.5 Å². The third-order valence-corrected chi connectivity index (χ3v) is 5.32. The molecule has 0 aromatic heterocycles. The van der Waals surface area contributed by atoms with Crippen molar-refractivity contribution in [3.8, 4) is 11.5 Å². The highest BCUT2D eigenvalue weighted by molar-refractivity contribution is 5.97. The number of hydrogen-bond donors (Lipinski definition) is 4. The minimum absolute atomic E-state index is 0.0854. The van der Waals surface area contributed by atoms with Gasteiger partial charge in [0.1, 0.15) is 11.5 Å². The first-order valence-corrected chi connectivity index (χ1v) is 11.3. The molecule has 6 amide bonds. The van der Waals surface area contributed by atoms with Gasteiger partial charge in [0.2, 0.25) is 0 Å². The van der Waals surface area contributed by atoms with Gasteiger partial charge in [-0.15, -0.1) is 0 Å². The number of carbonyl (C=O) groups excluding carboxylic acids is 4. The minimum Gasteiger partial charge on any atom is -0.479 e. The molecule has 0 radical (unpaired) electrons. The second kappa shape index (κ2) is 12.6. The summed E-state index contributed by atoms with van der Waals surface area (Å²) in [5.41, 5.74) is 10.7. The van der Waals surface area contributed by atoms with Gasteiger partial charge in [-0.25, -0.2) is 38.6 Å². The molecule has 0 aliphatic heterocycles. The van der Waals surface area contributed by atoms with Gasteiger partial charge < -0.3 is 31.2 Å². The van der Waals surface area contributed by atoms with Crippen LogP contribution in [0.3, 0.4) is 0 Å². The van der Waals surface area contributed by atoms with E-state index in [0.717, 1.165) is 24.3 Å². The molecule has 0 saturated carbocycles. The van der Waals surface area contributed by atoms with Crippen LogP contribution < -0.4 is 20.9 Å². The van der Waals surface area contributed by atoms with Gasteiger partial charge in [0.15, 0.2) is 12.1 Å². The van der Waals surface area contributed by atoms with Crippen LogP contribution in [0, 0.1) is 0 Å². The predicted molar refractivity (Wildman–Crippen MR) is 135 cm³/mol. The van der Waals surface area contributed by atoms with Crippen LogP contribution in [-0.2, 0) is 9.59 Å². The fourth-order valence-electron chi connectivity index (χ4n) is 3.60. The maximum Gasteiger partial charge on any atom is 0.424 e. The highest BCUT2D eigenvalue weighted by Crippen LogP contribution is 2.26. The van der Waals surface area contributed by atoms with Crippen LogP contribution in [0.1, 0.15) is 23.2 Å². The van der Waals surface area contributed by atoms with Crippen molar-refractivity contribution >= 4 is 36.2 Å². The number of hydrogen-bond acceptors (Lipinski definition) is 8. The molecule has 0 bridgehead atoms. The average Bonchev–Trinajstić information content (AvgIpc) is 2.91. The molecule has 40 heavy (non-hydrogen) atoms. The summed E-state index contributed by atoms with van der Waals surface area (Å²) >= 11 is 0. The number of nitrogens with zero attached hydrogens (tertiary/aromatic N) is 2. The summed E-state index contributed by atoms with van der Waals surface area (Å²) < 4.78 is 10.2. The molecule has 3 aromatic carbocycles. The zero-order chi connectivity index (χ0) is 29.4. The van der Waals surface area contributed by atoms with Crippen LogP contribution >= 0.6 is 0 Å². The standard InChI is InChI=1S/C26H22N4O10/c27-23(35)29(19(21(31)32)15-7-3-1-4-8-15)25(37)39-17-11-13-18(14-12-17)40-26(38)30(24(28)36)20(22(33)34)16-9-5-2-6-10-16/h1-14,19-20H,(H2,27,35)(H2,28,36)(H,31,32)(H,33,34). The Kier molecular flexibility index (Phi) is 8.99. The number of imide groups is 2. The Hall–Kier alpha value is -5.92. The summed E-state index contributed by atoms with van der Waals surface area (Å²) in [6.45, 7) is 0. The van der Waals surface area contributed by atoms with E-state index >= 15 is 0 Å². The lowest BCUT2D eigenvalue weighted by Gasteiger charge is -2.25. The van der Waals surface area contributed by atoms with E-state index in [4.69, 9.17) is 20.9 Å². The molecule has 0 fully saturated rings. The van der Waals surface area contributed by atoms with Crippen LogP contribution in [-0.4, -0.2) is 56.2 Å². The third-order valence-electron chi connectivity index (χ3n) is 5.32. The Morgan fingerprint density at radius 3 is 1.10 bits per heavy atom. The normalized spacial score (nSPS) is 11.8. The van der Waals surface area contributed by atoms with Crippen molar-refractivity contribution in [2.75, 3.05) is 0 Å². The molecule has 0 aliphatic carbocycles. The topological polar surface area (TPSA) is 220 Å². The molecular formula is C26H22N4O10. The number of urea groups is 2. The third kappa shape index (κ3) is 6.69. The van der Waals surface area contributed by atoms with Crippen molar-refractivity contribution in [1.29, 1.82) is 0 Å². The first kappa shape index (κ1) is 28.6. The van der Waals surface area contributed by atoms with E-state index in [2.05, 4.69) is 0 Å². The highest BCUT2D eigenvalue weighted by atomic mass is 16.6. The monoisotopic (exact) mass is 550 g/mol. The van der Waals surface area contributed by atoms with E-state index < -0.39 is 48.3 Å². The average molecular weight is 550 g/mol. The zero-order valence-corrected chi connectivity index (χ0v) is 20.4. The van der Waals surface area contributed by atoms with Crippen LogP contribution in [0.15, 0.2) is 84.9 Å². The Bertz CT molecular complexity index is 1310. The second-order valence-corrected chi connectivity index (χ2v) is 7.93. The maximum absolute atomic E-state index is 12.7. The van der Waals surface area contributed by atoms with Gasteiger partial charge in [-0.2, -0.15) is 0 Å². The molecule has 6 N–H and O–H groups in total. The summed E-state index contributed by atoms with van der Waals surface area (Å²) in [7, 11) is 0. The van der Waals surface area contributed by atoms with Crippen molar-refractivity contribution in [3.05, 3.63) is 96.1 Å². The molecule has 14 heteroatoms. The van der Waals surface area contributed by atoms with E-state index in [1.165, 1.54) is 48.5 Å². The fourth-order valence-corrected chi connectivity index (χ4v) is 3.60. The van der Waals surface area contributed by atoms with E-state index in [9.17, 15) is 39.0 Å². The van der Waals surface area contributed by atoms with E-state index in [1.807, 2.05) is 0 Å². The number of aliphatic carboxylic acids is 2. The molecule has 3 rings (SSSR count). The molecule has 0 aliphatic rings. The quantitative estimate of drug-likeness (QED) is 0.321. The Balaban J connectivity index is 1.77. The van der Waals surface area contributed by atoms with Gasteiger partial charge in [-0.1, -0.05) is 60.7 Å². The van der Waals surface area contributed by atoms with Gasteiger partial charge in [-0.05, 0) is 35.4 Å². The SMILES string of the molecule is NC(=O)N(C(=O)Oc1ccc(OC(=O)N(C(N)=O)C(C(=O)O)c2ccccc2)cc1)C(C(=O)O)c1ccccc1. The number of amides is 6.